The van der Waals surface area contributed by atoms with Crippen LogP contribution >= 0.6 is 0 Å². The molecule has 1 atom stereocenters. The Balaban J connectivity index is 1.93. The molecule has 1 aromatic heterocycles. The number of carboxylic acid groups (broad SMARTS) is 1. The van der Waals surface area contributed by atoms with Crippen molar-refractivity contribution in [2.24, 2.45) is 0 Å². The van der Waals surface area contributed by atoms with E-state index in [1.807, 2.05) is 0 Å². The van der Waals surface area contributed by atoms with Gasteiger partial charge in [0.15, 0.2) is 0 Å². The van der Waals surface area contributed by atoms with Gasteiger partial charge in [-0.1, -0.05) is 6.92 Å². The molecule has 0 spiro atoms. The smallest absolute Gasteiger partial charge is 0.354 e. The van der Waals surface area contributed by atoms with E-state index in [4.69, 9.17) is 5.11 Å². The summed E-state index contributed by atoms with van der Waals surface area (Å²) < 4.78 is 1.59. The minimum Gasteiger partial charge on any atom is -0.477 e. The largest absolute Gasteiger partial charge is 0.477 e. The van der Waals surface area contributed by atoms with Gasteiger partial charge in [-0.15, -0.1) is 0 Å². The molecule has 1 N–H and O–H groups in total. The van der Waals surface area contributed by atoms with Crippen LogP contribution in [0.3, 0.4) is 0 Å². The number of hydrogen-bond donors (Lipinski definition) is 1. The van der Waals surface area contributed by atoms with Gasteiger partial charge >= 0.3 is 5.97 Å². The monoisotopic (exact) mass is 237 g/mol. The summed E-state index contributed by atoms with van der Waals surface area (Å²) in [4.78, 5) is 13.4. The highest BCUT2D eigenvalue weighted by Crippen LogP contribution is 2.20. The highest BCUT2D eigenvalue weighted by Gasteiger charge is 2.23. The summed E-state index contributed by atoms with van der Waals surface area (Å²) in [6.45, 7) is 5.12. The Hall–Kier alpha value is -1.36. The van der Waals surface area contributed by atoms with Crippen LogP contribution in [0.1, 0.15) is 36.7 Å². The van der Waals surface area contributed by atoms with E-state index < -0.39 is 5.97 Å². The third kappa shape index (κ3) is 2.66. The summed E-state index contributed by atoms with van der Waals surface area (Å²) in [7, 11) is 0. The SMILES string of the molecule is CCN1CCC[C@H]1CCn1nccc1C(=O)O. The normalized spacial score (nSPS) is 20.9. The average Bonchev–Trinajstić information content (AvgIpc) is 2.94. The van der Waals surface area contributed by atoms with Crippen LogP contribution in [-0.4, -0.2) is 44.9 Å². The lowest BCUT2D eigenvalue weighted by molar-refractivity contribution is 0.0682. The minimum atomic E-state index is -0.902. The van der Waals surface area contributed by atoms with Gasteiger partial charge in [0.2, 0.25) is 0 Å². The number of aromatic carboxylic acids is 1. The molecular weight excluding hydrogens is 218 g/mol. The lowest BCUT2D eigenvalue weighted by Gasteiger charge is -2.22. The molecule has 5 nitrogen and oxygen atoms in total. The maximum atomic E-state index is 10.9. The van der Waals surface area contributed by atoms with Gasteiger partial charge < -0.3 is 10.0 Å². The van der Waals surface area contributed by atoms with Crippen LogP contribution in [0.5, 0.6) is 0 Å². The van der Waals surface area contributed by atoms with Crippen LogP contribution in [0.25, 0.3) is 0 Å². The first-order chi connectivity index (χ1) is 8.22. The van der Waals surface area contributed by atoms with Crippen molar-refractivity contribution < 1.29 is 9.90 Å². The quantitative estimate of drug-likeness (QED) is 0.842. The Kier molecular flexibility index (Phi) is 3.78. The van der Waals surface area contributed by atoms with Gasteiger partial charge in [-0.25, -0.2) is 4.79 Å². The van der Waals surface area contributed by atoms with Gasteiger partial charge in [-0.3, -0.25) is 4.68 Å². The number of carbonyl (C=O) groups is 1. The topological polar surface area (TPSA) is 58.4 Å². The molecule has 1 fully saturated rings. The first-order valence-electron chi connectivity index (χ1n) is 6.21. The van der Waals surface area contributed by atoms with E-state index in [-0.39, 0.29) is 5.69 Å². The fourth-order valence-electron chi connectivity index (χ4n) is 2.60. The first kappa shape index (κ1) is 12.1. The maximum absolute atomic E-state index is 10.9. The number of rotatable bonds is 5. The Morgan fingerprint density at radius 3 is 3.18 bits per heavy atom. The van der Waals surface area contributed by atoms with Gasteiger partial charge in [0, 0.05) is 18.8 Å². The van der Waals surface area contributed by atoms with Gasteiger partial charge in [0.05, 0.1) is 0 Å². The number of aromatic nitrogens is 2. The Labute approximate surface area is 101 Å². The molecule has 1 aliphatic rings. The number of nitrogens with zero attached hydrogens (tertiary/aromatic N) is 3. The molecule has 5 heteroatoms. The van der Waals surface area contributed by atoms with Crippen molar-refractivity contribution in [3.05, 3.63) is 18.0 Å². The fourth-order valence-corrected chi connectivity index (χ4v) is 2.60. The molecule has 94 valence electrons. The lowest BCUT2D eigenvalue weighted by Crippen LogP contribution is -2.30. The van der Waals surface area contributed by atoms with Crippen molar-refractivity contribution in [1.82, 2.24) is 14.7 Å². The number of aryl methyl sites for hydroxylation is 1. The molecule has 0 aromatic carbocycles. The van der Waals surface area contributed by atoms with E-state index in [9.17, 15) is 4.79 Å². The maximum Gasteiger partial charge on any atom is 0.354 e. The molecule has 2 rings (SSSR count). The highest BCUT2D eigenvalue weighted by molar-refractivity contribution is 5.85. The Morgan fingerprint density at radius 2 is 2.47 bits per heavy atom. The van der Waals surface area contributed by atoms with Crippen LogP contribution in [0, 0.1) is 0 Å². The molecule has 0 unspecified atom stereocenters. The molecular formula is C12H19N3O2. The molecule has 0 saturated carbocycles. The van der Waals surface area contributed by atoms with Gasteiger partial charge in [-0.05, 0) is 38.4 Å². The zero-order valence-corrected chi connectivity index (χ0v) is 10.2. The summed E-state index contributed by atoms with van der Waals surface area (Å²) >= 11 is 0. The highest BCUT2D eigenvalue weighted by atomic mass is 16.4. The van der Waals surface area contributed by atoms with E-state index in [1.54, 1.807) is 16.9 Å². The van der Waals surface area contributed by atoms with Crippen LogP contribution in [0.2, 0.25) is 0 Å². The molecule has 2 heterocycles. The van der Waals surface area contributed by atoms with Crippen molar-refractivity contribution in [3.63, 3.8) is 0 Å². The zero-order chi connectivity index (χ0) is 12.3. The summed E-state index contributed by atoms with van der Waals surface area (Å²) in [6, 6.07) is 2.14. The number of hydrogen-bond acceptors (Lipinski definition) is 3. The molecule has 1 aliphatic heterocycles. The van der Waals surface area contributed by atoms with Gasteiger partial charge in [0.25, 0.3) is 0 Å². The van der Waals surface area contributed by atoms with Crippen molar-refractivity contribution in [1.29, 1.82) is 0 Å². The third-order valence-electron chi connectivity index (χ3n) is 3.52. The lowest BCUT2D eigenvalue weighted by atomic mass is 10.1. The van der Waals surface area contributed by atoms with Gasteiger partial charge in [0.1, 0.15) is 5.69 Å². The second-order valence-corrected chi connectivity index (χ2v) is 4.46. The van der Waals surface area contributed by atoms with E-state index in [1.165, 1.54) is 19.4 Å². The standard InChI is InChI=1S/C12H19N3O2/c1-2-14-8-3-4-10(14)6-9-15-11(12(16)17)5-7-13-15/h5,7,10H,2-4,6,8-9H2,1H3,(H,16,17)/t10-/m0/s1. The summed E-state index contributed by atoms with van der Waals surface area (Å²) in [5.41, 5.74) is 0.283. The zero-order valence-electron chi connectivity index (χ0n) is 10.2. The van der Waals surface area contributed by atoms with Crippen molar-refractivity contribution in [3.8, 4) is 0 Å². The molecule has 1 saturated heterocycles. The predicted molar refractivity (Wildman–Crippen MR) is 64.1 cm³/mol. The van der Waals surface area contributed by atoms with E-state index in [0.717, 1.165) is 13.0 Å². The van der Waals surface area contributed by atoms with Crippen LogP contribution in [0.15, 0.2) is 12.3 Å². The summed E-state index contributed by atoms with van der Waals surface area (Å²) in [6.07, 6.45) is 5.01. The molecule has 0 aliphatic carbocycles. The summed E-state index contributed by atoms with van der Waals surface area (Å²) in [5.74, 6) is -0.902. The molecule has 0 amide bonds. The van der Waals surface area contributed by atoms with E-state index in [2.05, 4.69) is 16.9 Å². The average molecular weight is 237 g/mol. The second-order valence-electron chi connectivity index (χ2n) is 4.46. The third-order valence-corrected chi connectivity index (χ3v) is 3.52. The number of carboxylic acids is 1. The van der Waals surface area contributed by atoms with E-state index >= 15 is 0 Å². The minimum absolute atomic E-state index is 0.283. The van der Waals surface area contributed by atoms with Gasteiger partial charge in [-0.2, -0.15) is 5.10 Å². The Bertz CT molecular complexity index is 389. The van der Waals surface area contributed by atoms with Crippen molar-refractivity contribution >= 4 is 5.97 Å². The summed E-state index contributed by atoms with van der Waals surface area (Å²) in [5, 5.41) is 13.0. The first-order valence-corrected chi connectivity index (χ1v) is 6.21. The predicted octanol–water partition coefficient (Wildman–Crippen LogP) is 1.46. The van der Waals surface area contributed by atoms with Crippen LogP contribution < -0.4 is 0 Å². The molecule has 1 aromatic rings. The Morgan fingerprint density at radius 1 is 1.65 bits per heavy atom. The second kappa shape index (κ2) is 5.31. The van der Waals surface area contributed by atoms with Crippen LogP contribution in [0.4, 0.5) is 0 Å². The number of likely N-dealkylation sites (tertiary alicyclic amines) is 1. The van der Waals surface area contributed by atoms with Crippen LogP contribution in [-0.2, 0) is 6.54 Å². The molecule has 0 bridgehead atoms. The fraction of sp³-hybridized carbons (Fsp3) is 0.667. The molecule has 0 radical (unpaired) electrons. The molecule has 17 heavy (non-hydrogen) atoms. The van der Waals surface area contributed by atoms with Crippen molar-refractivity contribution in [2.75, 3.05) is 13.1 Å². The van der Waals surface area contributed by atoms with Crippen molar-refractivity contribution in [2.45, 2.75) is 38.8 Å². The van der Waals surface area contributed by atoms with E-state index in [0.29, 0.717) is 12.6 Å².